The summed E-state index contributed by atoms with van der Waals surface area (Å²) >= 11 is 15.1. The van der Waals surface area contributed by atoms with Crippen molar-refractivity contribution in [3.05, 3.63) is 64.0 Å². The van der Waals surface area contributed by atoms with Crippen LogP contribution in [0.4, 0.5) is 11.1 Å². The van der Waals surface area contributed by atoms with E-state index >= 15 is 0 Å². The lowest BCUT2D eigenvalue weighted by atomic mass is 10.1. The standard InChI is InChI=1S/C27H25Cl2N9OS/c28-19-11-17(16-12-31-26(32-13-16)36-7-2-1-3-8-36)21(29)22-18(19)14-38(35-22)24(25(39)34-27-30-6-10-40-27)23-20-5-4-9-37(20)15-33-23/h6,10-15,24H,1-5,7-9H2,(H,30,34,39). The summed E-state index contributed by atoms with van der Waals surface area (Å²) in [5.41, 5.74) is 3.61. The van der Waals surface area contributed by atoms with E-state index in [9.17, 15) is 4.79 Å². The lowest BCUT2D eigenvalue weighted by molar-refractivity contribution is -0.118. The minimum absolute atomic E-state index is 0.287. The van der Waals surface area contributed by atoms with Crippen LogP contribution in [0.15, 0.2) is 42.6 Å². The number of amides is 1. The molecule has 1 unspecified atom stereocenters. The van der Waals surface area contributed by atoms with E-state index in [2.05, 4.69) is 34.7 Å². The van der Waals surface area contributed by atoms with Gasteiger partial charge in [-0.15, -0.1) is 11.3 Å². The molecule has 2 aliphatic rings. The summed E-state index contributed by atoms with van der Waals surface area (Å²) in [5.74, 6) is 0.433. The number of benzene rings is 1. The summed E-state index contributed by atoms with van der Waals surface area (Å²) in [6.45, 7) is 2.81. The molecule has 1 atom stereocenters. The van der Waals surface area contributed by atoms with Crippen molar-refractivity contribution in [3.63, 3.8) is 0 Å². The Kier molecular flexibility index (Phi) is 6.65. The minimum Gasteiger partial charge on any atom is -0.341 e. The van der Waals surface area contributed by atoms with Crippen molar-refractivity contribution in [2.45, 2.75) is 44.7 Å². The maximum Gasteiger partial charge on any atom is 0.257 e. The number of thiazole rings is 1. The van der Waals surface area contributed by atoms with Gasteiger partial charge in [0.05, 0.1) is 22.1 Å². The average Bonchev–Trinajstić information content (AvgIpc) is 3.78. The van der Waals surface area contributed by atoms with Crippen molar-refractivity contribution in [1.82, 2.24) is 34.3 Å². The smallest absolute Gasteiger partial charge is 0.257 e. The molecule has 7 rings (SSSR count). The highest BCUT2D eigenvalue weighted by atomic mass is 35.5. The third-order valence-corrected chi connectivity index (χ3v) is 8.90. The number of fused-ring (bicyclic) bond motifs is 2. The lowest BCUT2D eigenvalue weighted by Crippen LogP contribution is -2.30. The molecule has 1 aromatic carbocycles. The number of aromatic nitrogens is 7. The molecule has 1 N–H and O–H groups in total. The molecular weight excluding hydrogens is 569 g/mol. The van der Waals surface area contributed by atoms with E-state index in [1.54, 1.807) is 41.9 Å². The van der Waals surface area contributed by atoms with Gasteiger partial charge < -0.3 is 9.47 Å². The van der Waals surface area contributed by atoms with Crippen molar-refractivity contribution in [1.29, 1.82) is 0 Å². The topological polar surface area (TPSA) is 107 Å². The predicted octanol–water partition coefficient (Wildman–Crippen LogP) is 5.62. The van der Waals surface area contributed by atoms with E-state index in [-0.39, 0.29) is 5.91 Å². The maximum absolute atomic E-state index is 13.7. The number of hydrogen-bond acceptors (Lipinski definition) is 8. The highest BCUT2D eigenvalue weighted by Crippen LogP contribution is 2.39. The van der Waals surface area contributed by atoms with Gasteiger partial charge in [0.1, 0.15) is 5.52 Å². The van der Waals surface area contributed by atoms with E-state index in [1.807, 2.05) is 5.38 Å². The molecule has 2 aliphatic heterocycles. The quantitative estimate of drug-likeness (QED) is 0.272. The number of rotatable bonds is 6. The first-order valence-electron chi connectivity index (χ1n) is 13.3. The lowest BCUT2D eigenvalue weighted by Gasteiger charge is -2.26. The normalized spacial score (nSPS) is 15.9. The van der Waals surface area contributed by atoms with Crippen molar-refractivity contribution in [3.8, 4) is 11.1 Å². The van der Waals surface area contributed by atoms with Gasteiger partial charge in [-0.2, -0.15) is 5.10 Å². The van der Waals surface area contributed by atoms with E-state index in [4.69, 9.17) is 28.3 Å². The van der Waals surface area contributed by atoms with Gasteiger partial charge in [0.15, 0.2) is 11.2 Å². The van der Waals surface area contributed by atoms with E-state index in [0.717, 1.165) is 62.5 Å². The molecule has 0 spiro atoms. The van der Waals surface area contributed by atoms with Crippen LogP contribution >= 0.6 is 34.5 Å². The Labute approximate surface area is 244 Å². The Morgan fingerprint density at radius 1 is 1.02 bits per heavy atom. The molecule has 0 saturated carbocycles. The number of anilines is 2. The fourth-order valence-corrected chi connectivity index (χ4v) is 6.63. The first-order valence-corrected chi connectivity index (χ1v) is 14.9. The second-order valence-electron chi connectivity index (χ2n) is 10.0. The molecule has 1 saturated heterocycles. The van der Waals surface area contributed by atoms with Crippen LogP contribution < -0.4 is 10.2 Å². The van der Waals surface area contributed by atoms with Crippen LogP contribution in [0.25, 0.3) is 22.0 Å². The molecule has 13 heteroatoms. The highest BCUT2D eigenvalue weighted by Gasteiger charge is 2.32. The molecular formula is C27H25Cl2N9OS. The molecule has 0 bridgehead atoms. The first-order chi connectivity index (χ1) is 19.6. The van der Waals surface area contributed by atoms with Gasteiger partial charge in [0.2, 0.25) is 5.95 Å². The third-order valence-electron chi connectivity index (χ3n) is 7.52. The van der Waals surface area contributed by atoms with Crippen LogP contribution in [0.5, 0.6) is 0 Å². The SMILES string of the molecule is O=C(Nc1nccs1)C(c1ncn2c1CCC2)n1cc2c(Cl)cc(-c3cnc(N4CCCCC4)nc3)c(Cl)c2n1. The largest absolute Gasteiger partial charge is 0.341 e. The van der Waals surface area contributed by atoms with Crippen molar-refractivity contribution in [2.24, 2.45) is 0 Å². The molecule has 0 radical (unpaired) electrons. The van der Waals surface area contributed by atoms with Gasteiger partial charge in [-0.25, -0.2) is 19.9 Å². The Morgan fingerprint density at radius 2 is 1.85 bits per heavy atom. The molecule has 4 aromatic heterocycles. The molecule has 40 heavy (non-hydrogen) atoms. The fourth-order valence-electron chi connectivity index (χ4n) is 5.55. The van der Waals surface area contributed by atoms with Gasteiger partial charge in [-0.05, 0) is 38.2 Å². The van der Waals surface area contributed by atoms with Gasteiger partial charge >= 0.3 is 0 Å². The van der Waals surface area contributed by atoms with Crippen molar-refractivity contribution >= 4 is 62.4 Å². The Morgan fingerprint density at radius 3 is 2.62 bits per heavy atom. The number of nitrogens with zero attached hydrogens (tertiary/aromatic N) is 8. The number of hydrogen-bond donors (Lipinski definition) is 1. The number of carbonyl (C=O) groups excluding carboxylic acids is 1. The number of carbonyl (C=O) groups is 1. The summed E-state index contributed by atoms with van der Waals surface area (Å²) in [7, 11) is 0. The van der Waals surface area contributed by atoms with Crippen LogP contribution in [0, 0.1) is 0 Å². The average molecular weight is 595 g/mol. The fraction of sp³-hybridized carbons (Fsp3) is 0.333. The molecule has 0 aliphatic carbocycles. The van der Waals surface area contributed by atoms with Crippen LogP contribution in [-0.2, 0) is 17.8 Å². The summed E-state index contributed by atoms with van der Waals surface area (Å²) in [6.07, 6.45) is 14.1. The van der Waals surface area contributed by atoms with Crippen LogP contribution in [0.3, 0.4) is 0 Å². The van der Waals surface area contributed by atoms with Crippen LogP contribution in [0.2, 0.25) is 10.0 Å². The number of nitrogens with one attached hydrogen (secondary N) is 1. The maximum atomic E-state index is 13.7. The van der Waals surface area contributed by atoms with Gasteiger partial charge in [0.25, 0.3) is 5.91 Å². The predicted molar refractivity (Wildman–Crippen MR) is 156 cm³/mol. The van der Waals surface area contributed by atoms with Crippen LogP contribution in [0.1, 0.15) is 43.1 Å². The summed E-state index contributed by atoms with van der Waals surface area (Å²) in [6, 6.07) is 0.976. The number of aryl methyl sites for hydroxylation is 1. The second kappa shape index (κ2) is 10.5. The van der Waals surface area contributed by atoms with Crippen molar-refractivity contribution < 1.29 is 4.79 Å². The van der Waals surface area contributed by atoms with Crippen LogP contribution in [-0.4, -0.2) is 53.3 Å². The summed E-state index contributed by atoms with van der Waals surface area (Å²) in [4.78, 5) is 33.9. The van der Waals surface area contributed by atoms with E-state index in [0.29, 0.717) is 37.3 Å². The Balaban J connectivity index is 1.28. The second-order valence-corrected chi connectivity index (χ2v) is 11.7. The number of halogens is 2. The molecule has 5 aromatic rings. The third kappa shape index (κ3) is 4.51. The highest BCUT2D eigenvalue weighted by molar-refractivity contribution is 7.13. The van der Waals surface area contributed by atoms with Gasteiger partial charge in [-0.1, -0.05) is 23.2 Å². The molecule has 1 amide bonds. The zero-order valence-corrected chi connectivity index (χ0v) is 23.8. The molecule has 6 heterocycles. The zero-order chi connectivity index (χ0) is 27.2. The van der Waals surface area contributed by atoms with Gasteiger partial charge in [0, 0.05) is 72.0 Å². The Hall–Kier alpha value is -3.54. The molecule has 204 valence electrons. The Bertz CT molecular complexity index is 1690. The summed E-state index contributed by atoms with van der Waals surface area (Å²) in [5, 5.41) is 11.6. The number of piperidine rings is 1. The minimum atomic E-state index is -0.826. The molecule has 10 nitrogen and oxygen atoms in total. The first kappa shape index (κ1) is 25.4. The monoisotopic (exact) mass is 593 g/mol. The van der Waals surface area contributed by atoms with E-state index < -0.39 is 6.04 Å². The van der Waals surface area contributed by atoms with Crippen molar-refractivity contribution in [2.75, 3.05) is 23.3 Å². The zero-order valence-electron chi connectivity index (χ0n) is 21.4. The van der Waals surface area contributed by atoms with E-state index in [1.165, 1.54) is 17.8 Å². The van der Waals surface area contributed by atoms with Gasteiger partial charge in [-0.3, -0.25) is 14.8 Å². The summed E-state index contributed by atoms with van der Waals surface area (Å²) < 4.78 is 3.69. The number of imidazole rings is 1. The molecule has 1 fully saturated rings.